The minimum atomic E-state index is 0.137. The summed E-state index contributed by atoms with van der Waals surface area (Å²) in [5, 5.41) is 3.66. The molecule has 4 rings (SSSR count). The molecule has 4 heteroatoms. The fourth-order valence-corrected chi connectivity index (χ4v) is 4.13. The molecule has 0 bridgehead atoms. The summed E-state index contributed by atoms with van der Waals surface area (Å²) < 4.78 is 6.93. The zero-order valence-electron chi connectivity index (χ0n) is 12.3. The van der Waals surface area contributed by atoms with Gasteiger partial charge in [0.05, 0.1) is 6.61 Å². The van der Waals surface area contributed by atoms with Gasteiger partial charge in [0.25, 0.3) is 0 Å². The van der Waals surface area contributed by atoms with Crippen LogP contribution in [0.15, 0.2) is 40.9 Å². The van der Waals surface area contributed by atoms with Crippen molar-refractivity contribution in [2.24, 2.45) is 5.73 Å². The molecule has 114 valence electrons. The second-order valence-corrected chi connectivity index (χ2v) is 6.97. The molecule has 22 heavy (non-hydrogen) atoms. The summed E-state index contributed by atoms with van der Waals surface area (Å²) in [5.41, 5.74) is 11.4. The van der Waals surface area contributed by atoms with Crippen LogP contribution >= 0.6 is 15.9 Å². The number of nitrogens with one attached hydrogen (secondary N) is 1. The first-order valence-corrected chi connectivity index (χ1v) is 8.53. The lowest BCUT2D eigenvalue weighted by Gasteiger charge is -2.16. The van der Waals surface area contributed by atoms with E-state index in [1.165, 1.54) is 22.3 Å². The maximum atomic E-state index is 6.25. The van der Waals surface area contributed by atoms with Crippen molar-refractivity contribution in [3.05, 3.63) is 63.1 Å². The van der Waals surface area contributed by atoms with Crippen molar-refractivity contribution in [3.63, 3.8) is 0 Å². The zero-order valence-corrected chi connectivity index (χ0v) is 13.9. The van der Waals surface area contributed by atoms with Crippen molar-refractivity contribution in [1.82, 2.24) is 5.32 Å². The van der Waals surface area contributed by atoms with E-state index in [4.69, 9.17) is 10.5 Å². The van der Waals surface area contributed by atoms with Gasteiger partial charge in [-0.2, -0.15) is 0 Å². The number of hydrogen-bond donors (Lipinski definition) is 2. The van der Waals surface area contributed by atoms with Crippen LogP contribution in [-0.2, 0) is 13.0 Å². The first-order chi connectivity index (χ1) is 10.7. The fraction of sp³-hybridized carbons (Fsp3) is 0.333. The Labute approximate surface area is 139 Å². The Balaban J connectivity index is 1.55. The molecule has 2 atom stereocenters. The van der Waals surface area contributed by atoms with Crippen LogP contribution in [0.25, 0.3) is 0 Å². The van der Waals surface area contributed by atoms with Gasteiger partial charge in [-0.3, -0.25) is 0 Å². The SMILES string of the molecule is NC1CC(NCc2cc(Br)cc3c2OCC3)c2ccccc21. The quantitative estimate of drug-likeness (QED) is 0.880. The average Bonchev–Trinajstić information content (AvgIpc) is 3.10. The lowest BCUT2D eigenvalue weighted by Crippen LogP contribution is -2.20. The smallest absolute Gasteiger partial charge is 0.127 e. The normalized spacial score (nSPS) is 22.3. The average molecular weight is 359 g/mol. The van der Waals surface area contributed by atoms with E-state index in [-0.39, 0.29) is 6.04 Å². The third-order valence-corrected chi connectivity index (χ3v) is 5.08. The van der Waals surface area contributed by atoms with E-state index in [0.29, 0.717) is 6.04 Å². The van der Waals surface area contributed by atoms with Crippen LogP contribution in [0.2, 0.25) is 0 Å². The molecule has 0 radical (unpaired) electrons. The summed E-state index contributed by atoms with van der Waals surface area (Å²) in [6.07, 6.45) is 1.95. The fourth-order valence-electron chi connectivity index (χ4n) is 3.58. The van der Waals surface area contributed by atoms with E-state index < -0.39 is 0 Å². The van der Waals surface area contributed by atoms with Gasteiger partial charge in [0.15, 0.2) is 0 Å². The van der Waals surface area contributed by atoms with Gasteiger partial charge in [-0.25, -0.2) is 0 Å². The molecule has 0 fully saturated rings. The summed E-state index contributed by atoms with van der Waals surface area (Å²) in [6, 6.07) is 13.2. The lowest BCUT2D eigenvalue weighted by molar-refractivity contribution is 0.351. The number of hydrogen-bond acceptors (Lipinski definition) is 3. The molecule has 1 aliphatic heterocycles. The molecule has 0 saturated carbocycles. The molecule has 2 aromatic rings. The van der Waals surface area contributed by atoms with Crippen molar-refractivity contribution < 1.29 is 4.74 Å². The van der Waals surface area contributed by atoms with Crippen LogP contribution in [0.5, 0.6) is 5.75 Å². The minimum Gasteiger partial charge on any atom is -0.493 e. The van der Waals surface area contributed by atoms with Crippen molar-refractivity contribution >= 4 is 15.9 Å². The van der Waals surface area contributed by atoms with E-state index in [1.807, 2.05) is 0 Å². The monoisotopic (exact) mass is 358 g/mol. The van der Waals surface area contributed by atoms with Crippen molar-refractivity contribution in [2.45, 2.75) is 31.5 Å². The predicted octanol–water partition coefficient (Wildman–Crippen LogP) is 3.62. The molecule has 0 amide bonds. The third kappa shape index (κ3) is 2.45. The van der Waals surface area contributed by atoms with Crippen LogP contribution < -0.4 is 15.8 Å². The van der Waals surface area contributed by atoms with Gasteiger partial charge >= 0.3 is 0 Å². The van der Waals surface area contributed by atoms with E-state index in [2.05, 4.69) is 57.6 Å². The Hall–Kier alpha value is -1.36. The second kappa shape index (κ2) is 5.69. The van der Waals surface area contributed by atoms with E-state index >= 15 is 0 Å². The molecule has 2 aromatic carbocycles. The van der Waals surface area contributed by atoms with Gasteiger partial charge < -0.3 is 15.8 Å². The molecule has 0 spiro atoms. The maximum absolute atomic E-state index is 6.25. The van der Waals surface area contributed by atoms with Crippen LogP contribution in [0.4, 0.5) is 0 Å². The first-order valence-electron chi connectivity index (χ1n) is 7.74. The van der Waals surface area contributed by atoms with Crippen molar-refractivity contribution in [2.75, 3.05) is 6.61 Å². The van der Waals surface area contributed by atoms with E-state index in [0.717, 1.165) is 36.2 Å². The Kier molecular flexibility index (Phi) is 3.68. The van der Waals surface area contributed by atoms with Gasteiger partial charge in [-0.15, -0.1) is 0 Å². The number of halogens is 1. The highest BCUT2D eigenvalue weighted by Crippen LogP contribution is 2.38. The highest BCUT2D eigenvalue weighted by Gasteiger charge is 2.28. The van der Waals surface area contributed by atoms with Crippen LogP contribution in [0, 0.1) is 0 Å². The van der Waals surface area contributed by atoms with Crippen molar-refractivity contribution in [1.29, 1.82) is 0 Å². The zero-order chi connectivity index (χ0) is 15.1. The van der Waals surface area contributed by atoms with Crippen LogP contribution in [0.1, 0.15) is 40.8 Å². The summed E-state index contributed by atoms with van der Waals surface area (Å²) in [7, 11) is 0. The summed E-state index contributed by atoms with van der Waals surface area (Å²) in [4.78, 5) is 0. The molecule has 0 saturated heterocycles. The van der Waals surface area contributed by atoms with Crippen molar-refractivity contribution in [3.8, 4) is 5.75 Å². The number of fused-ring (bicyclic) bond motifs is 2. The molecule has 2 unspecified atom stereocenters. The lowest BCUT2D eigenvalue weighted by atomic mass is 10.1. The molecular weight excluding hydrogens is 340 g/mol. The van der Waals surface area contributed by atoms with Gasteiger partial charge in [0, 0.05) is 35.1 Å². The molecule has 0 aromatic heterocycles. The van der Waals surface area contributed by atoms with Gasteiger partial charge in [-0.1, -0.05) is 40.2 Å². The third-order valence-electron chi connectivity index (χ3n) is 4.62. The molecule has 1 aliphatic carbocycles. The van der Waals surface area contributed by atoms with Gasteiger partial charge in [0.1, 0.15) is 5.75 Å². The molecule has 3 N–H and O–H groups in total. The molecule has 1 heterocycles. The molecule has 2 aliphatic rings. The van der Waals surface area contributed by atoms with Crippen LogP contribution in [0.3, 0.4) is 0 Å². The Bertz CT molecular complexity index is 716. The standard InChI is InChI=1S/C18H19BrN2O/c19-13-7-11-5-6-22-18(11)12(8-13)10-21-17-9-16(20)14-3-1-2-4-15(14)17/h1-4,7-8,16-17,21H,5-6,9-10,20H2. The minimum absolute atomic E-state index is 0.137. The maximum Gasteiger partial charge on any atom is 0.127 e. The first kappa shape index (κ1) is 14.2. The molecule has 3 nitrogen and oxygen atoms in total. The summed E-state index contributed by atoms with van der Waals surface area (Å²) in [6.45, 7) is 1.59. The highest BCUT2D eigenvalue weighted by atomic mass is 79.9. The topological polar surface area (TPSA) is 47.3 Å². The summed E-state index contributed by atoms with van der Waals surface area (Å²) >= 11 is 3.60. The largest absolute Gasteiger partial charge is 0.493 e. The predicted molar refractivity (Wildman–Crippen MR) is 90.9 cm³/mol. The highest BCUT2D eigenvalue weighted by molar-refractivity contribution is 9.10. The van der Waals surface area contributed by atoms with Gasteiger partial charge in [0.2, 0.25) is 0 Å². The Morgan fingerprint density at radius 3 is 2.91 bits per heavy atom. The van der Waals surface area contributed by atoms with E-state index in [1.54, 1.807) is 0 Å². The number of nitrogens with two attached hydrogens (primary N) is 1. The number of benzene rings is 2. The molecular formula is C18H19BrN2O. The van der Waals surface area contributed by atoms with Crippen LogP contribution in [-0.4, -0.2) is 6.61 Å². The summed E-state index contributed by atoms with van der Waals surface area (Å²) in [5.74, 6) is 1.06. The van der Waals surface area contributed by atoms with Gasteiger partial charge in [-0.05, 0) is 35.2 Å². The van der Waals surface area contributed by atoms with E-state index in [9.17, 15) is 0 Å². The number of rotatable bonds is 3. The Morgan fingerprint density at radius 1 is 1.23 bits per heavy atom. The number of ether oxygens (including phenoxy) is 1. The second-order valence-electron chi connectivity index (χ2n) is 6.06. The Morgan fingerprint density at radius 2 is 2.05 bits per heavy atom.